The molecular formula is C34H28FN3O3S2. The lowest BCUT2D eigenvalue weighted by molar-refractivity contribution is -0.132. The molecule has 0 saturated carbocycles. The number of ketones is 1. The summed E-state index contributed by atoms with van der Waals surface area (Å²) >= 11 is 2.71. The first kappa shape index (κ1) is 28.8. The number of hydrogen-bond donors (Lipinski definition) is 1. The lowest BCUT2D eigenvalue weighted by Crippen LogP contribution is -2.29. The van der Waals surface area contributed by atoms with Crippen LogP contribution in [-0.4, -0.2) is 27.0 Å². The third-order valence-electron chi connectivity index (χ3n) is 7.64. The third-order valence-corrected chi connectivity index (χ3v) is 9.75. The van der Waals surface area contributed by atoms with Crippen molar-refractivity contribution < 1.29 is 19.1 Å². The second-order valence-corrected chi connectivity index (χ2v) is 12.9. The predicted octanol–water partition coefficient (Wildman–Crippen LogP) is 8.18. The maximum Gasteiger partial charge on any atom is 0.301 e. The van der Waals surface area contributed by atoms with E-state index in [0.29, 0.717) is 21.2 Å². The Kier molecular flexibility index (Phi) is 7.85. The molecule has 0 spiro atoms. The molecule has 0 radical (unpaired) electrons. The fourth-order valence-corrected chi connectivity index (χ4v) is 7.09. The van der Waals surface area contributed by atoms with Crippen LogP contribution in [0.25, 0.3) is 16.5 Å². The molecule has 2 heterocycles. The third kappa shape index (κ3) is 5.46. The molecule has 6 nitrogen and oxygen atoms in total. The normalized spacial score (nSPS) is 16.5. The van der Waals surface area contributed by atoms with Crippen LogP contribution in [0.5, 0.6) is 0 Å². The van der Waals surface area contributed by atoms with E-state index in [1.165, 1.54) is 46.2 Å². The summed E-state index contributed by atoms with van der Waals surface area (Å²) in [5.41, 5.74) is 3.26. The van der Waals surface area contributed by atoms with Crippen LogP contribution >= 0.6 is 23.1 Å². The van der Waals surface area contributed by atoms with Crippen molar-refractivity contribution in [3.8, 4) is 0 Å². The molecule has 6 rings (SSSR count). The smallest absolute Gasteiger partial charge is 0.301 e. The molecule has 5 aromatic rings. The number of Topliss-reactive ketones (excluding diaryl/α,β-unsaturated/α-hetero) is 1. The van der Waals surface area contributed by atoms with Crippen molar-refractivity contribution in [2.75, 3.05) is 4.90 Å². The van der Waals surface area contributed by atoms with E-state index < -0.39 is 29.3 Å². The Morgan fingerprint density at radius 3 is 2.49 bits per heavy atom. The molecule has 1 N–H and O–H groups in total. The first-order valence-corrected chi connectivity index (χ1v) is 15.6. The van der Waals surface area contributed by atoms with Crippen molar-refractivity contribution in [1.82, 2.24) is 10.2 Å². The molecule has 1 atom stereocenters. The van der Waals surface area contributed by atoms with Gasteiger partial charge in [0.15, 0.2) is 4.34 Å². The lowest BCUT2D eigenvalue weighted by Gasteiger charge is -2.23. The Bertz CT molecular complexity index is 1890. The Morgan fingerprint density at radius 1 is 1.00 bits per heavy atom. The first-order chi connectivity index (χ1) is 20.7. The first-order valence-electron chi connectivity index (χ1n) is 13.8. The van der Waals surface area contributed by atoms with Crippen LogP contribution in [0.1, 0.15) is 53.6 Å². The quantitative estimate of drug-likeness (QED) is 0.0659. The molecule has 0 bridgehead atoms. The molecule has 1 aliphatic heterocycles. The van der Waals surface area contributed by atoms with E-state index in [-0.39, 0.29) is 22.2 Å². The van der Waals surface area contributed by atoms with Gasteiger partial charge in [0.05, 0.1) is 11.6 Å². The van der Waals surface area contributed by atoms with Crippen LogP contribution in [0.3, 0.4) is 0 Å². The van der Waals surface area contributed by atoms with Gasteiger partial charge in [-0.25, -0.2) is 4.39 Å². The Balaban J connectivity index is 1.38. The molecule has 216 valence electrons. The number of benzene rings is 4. The molecule has 4 aromatic carbocycles. The number of anilines is 1. The van der Waals surface area contributed by atoms with E-state index in [0.717, 1.165) is 21.9 Å². The van der Waals surface area contributed by atoms with Crippen molar-refractivity contribution in [3.05, 3.63) is 124 Å². The number of carbonyl (C=O) groups excluding carboxylic acids is 2. The number of aliphatic hydroxyl groups excluding tert-OH is 1. The van der Waals surface area contributed by atoms with Crippen molar-refractivity contribution in [3.63, 3.8) is 0 Å². The van der Waals surface area contributed by atoms with Gasteiger partial charge in [0.25, 0.3) is 5.78 Å². The van der Waals surface area contributed by atoms with E-state index in [4.69, 9.17) is 0 Å². The molecule has 1 aromatic heterocycles. The van der Waals surface area contributed by atoms with E-state index in [9.17, 15) is 19.1 Å². The highest BCUT2D eigenvalue weighted by Crippen LogP contribution is 2.44. The Morgan fingerprint density at radius 2 is 1.74 bits per heavy atom. The van der Waals surface area contributed by atoms with Gasteiger partial charge in [-0.2, -0.15) is 0 Å². The standard InChI is InChI=1S/C34H28FN3O3S2/c1-19(2)21-13-15-23(16-14-21)29-28(30(39)24-12-11-20(3)27(35)17-24)31(40)32(41)38(29)33-36-37-34(43-33)42-18-25-9-6-8-22-7-4-5-10-26(22)25/h4-17,19,29,39H,18H2,1-3H3/b30-28-. The summed E-state index contributed by atoms with van der Waals surface area (Å²) < 4.78 is 15.1. The van der Waals surface area contributed by atoms with Crippen LogP contribution in [0.4, 0.5) is 9.52 Å². The van der Waals surface area contributed by atoms with E-state index in [1.54, 1.807) is 6.92 Å². The minimum atomic E-state index is -0.963. The van der Waals surface area contributed by atoms with Gasteiger partial charge in [-0.05, 0) is 51.9 Å². The maximum absolute atomic E-state index is 14.5. The zero-order valence-corrected chi connectivity index (χ0v) is 25.4. The number of thioether (sulfide) groups is 1. The highest BCUT2D eigenvalue weighted by atomic mass is 32.2. The molecule has 1 saturated heterocycles. The van der Waals surface area contributed by atoms with Gasteiger partial charge >= 0.3 is 5.91 Å². The molecule has 43 heavy (non-hydrogen) atoms. The SMILES string of the molecule is Cc1ccc(/C(O)=C2/C(=O)C(=O)N(c3nnc(SCc4cccc5ccccc45)s3)C2c2ccc(C(C)C)cc2)cc1F. The molecule has 1 aliphatic rings. The van der Waals surface area contributed by atoms with Crippen molar-refractivity contribution in [2.24, 2.45) is 0 Å². The van der Waals surface area contributed by atoms with Crippen LogP contribution in [0.2, 0.25) is 0 Å². The van der Waals surface area contributed by atoms with Crippen molar-refractivity contribution in [2.45, 2.75) is 42.8 Å². The minimum absolute atomic E-state index is 0.119. The van der Waals surface area contributed by atoms with Crippen molar-refractivity contribution >= 4 is 56.5 Å². The van der Waals surface area contributed by atoms with Gasteiger partial charge in [0, 0.05) is 11.3 Å². The average molecular weight is 610 g/mol. The fraction of sp³-hybridized carbons (Fsp3) is 0.176. The van der Waals surface area contributed by atoms with Gasteiger partial charge < -0.3 is 5.11 Å². The van der Waals surface area contributed by atoms with Gasteiger partial charge in [-0.15, -0.1) is 10.2 Å². The number of aryl methyl sites for hydroxylation is 1. The maximum atomic E-state index is 14.5. The topological polar surface area (TPSA) is 83.4 Å². The summed E-state index contributed by atoms with van der Waals surface area (Å²) in [4.78, 5) is 28.4. The number of nitrogens with zero attached hydrogens (tertiary/aromatic N) is 3. The monoisotopic (exact) mass is 609 g/mol. The van der Waals surface area contributed by atoms with Crippen LogP contribution in [0, 0.1) is 12.7 Å². The number of aromatic nitrogens is 2. The number of hydrogen-bond acceptors (Lipinski definition) is 7. The van der Waals surface area contributed by atoms with E-state index >= 15 is 0 Å². The molecule has 0 aliphatic carbocycles. The van der Waals surface area contributed by atoms with Gasteiger partial charge in [0.2, 0.25) is 5.13 Å². The fourth-order valence-electron chi connectivity index (χ4n) is 5.22. The van der Waals surface area contributed by atoms with Crippen LogP contribution in [-0.2, 0) is 15.3 Å². The van der Waals surface area contributed by atoms with Gasteiger partial charge in [0.1, 0.15) is 11.6 Å². The number of halogens is 1. The predicted molar refractivity (Wildman–Crippen MR) is 170 cm³/mol. The Labute approximate surface area is 256 Å². The van der Waals surface area contributed by atoms with Gasteiger partial charge in [-0.1, -0.05) is 116 Å². The summed E-state index contributed by atoms with van der Waals surface area (Å²) in [5, 5.41) is 22.5. The summed E-state index contributed by atoms with van der Waals surface area (Å²) in [6.45, 7) is 5.76. The van der Waals surface area contributed by atoms with E-state index in [2.05, 4.69) is 48.3 Å². The highest BCUT2D eigenvalue weighted by molar-refractivity contribution is 8.00. The van der Waals surface area contributed by atoms with E-state index in [1.807, 2.05) is 42.5 Å². The lowest BCUT2D eigenvalue weighted by atomic mass is 9.93. The summed E-state index contributed by atoms with van der Waals surface area (Å²) in [5.74, 6) is -1.72. The summed E-state index contributed by atoms with van der Waals surface area (Å²) in [6, 6.07) is 25.2. The zero-order valence-electron chi connectivity index (χ0n) is 23.7. The number of carbonyl (C=O) groups is 2. The number of amides is 1. The van der Waals surface area contributed by atoms with Crippen LogP contribution < -0.4 is 4.90 Å². The summed E-state index contributed by atoms with van der Waals surface area (Å²) in [7, 11) is 0. The molecular weight excluding hydrogens is 582 g/mol. The minimum Gasteiger partial charge on any atom is -0.507 e. The van der Waals surface area contributed by atoms with Crippen molar-refractivity contribution in [1.29, 1.82) is 0 Å². The largest absolute Gasteiger partial charge is 0.507 e. The number of fused-ring (bicyclic) bond motifs is 1. The zero-order chi connectivity index (χ0) is 30.2. The molecule has 1 amide bonds. The molecule has 9 heteroatoms. The highest BCUT2D eigenvalue weighted by Gasteiger charge is 2.48. The Hall–Kier alpha value is -4.34. The number of aliphatic hydroxyl groups is 1. The molecule has 1 fully saturated rings. The van der Waals surface area contributed by atoms with Crippen LogP contribution in [0.15, 0.2) is 94.8 Å². The number of rotatable bonds is 7. The second-order valence-electron chi connectivity index (χ2n) is 10.7. The van der Waals surface area contributed by atoms with Gasteiger partial charge in [-0.3, -0.25) is 14.5 Å². The second kappa shape index (κ2) is 11.7. The molecule has 1 unspecified atom stereocenters. The summed E-state index contributed by atoms with van der Waals surface area (Å²) in [6.07, 6.45) is 0. The average Bonchev–Trinajstić information content (AvgIpc) is 3.58.